The summed E-state index contributed by atoms with van der Waals surface area (Å²) in [6, 6.07) is 8.88. The molecule has 3 atom stereocenters. The largest absolute Gasteiger partial charge is 0.497 e. The quantitative estimate of drug-likeness (QED) is 0.470. The Kier molecular flexibility index (Phi) is 6.76. The molecule has 1 saturated heterocycles. The second-order valence-electron chi connectivity index (χ2n) is 8.85. The summed E-state index contributed by atoms with van der Waals surface area (Å²) in [4.78, 5) is 20.1. The number of carbonyl (C=O) groups is 1. The second kappa shape index (κ2) is 10.1. The normalized spacial score (nSPS) is 20.6. The molecule has 1 amide bonds. The van der Waals surface area contributed by atoms with Gasteiger partial charge in [0.15, 0.2) is 18.2 Å². The molecule has 4 N–H and O–H groups in total. The molecular formula is C25H28FN5O4. The number of benzene rings is 1. The van der Waals surface area contributed by atoms with E-state index in [0.717, 1.165) is 18.5 Å². The Morgan fingerprint density at radius 2 is 2.20 bits per heavy atom. The van der Waals surface area contributed by atoms with Crippen molar-refractivity contribution < 1.29 is 23.4 Å². The first-order valence-electron chi connectivity index (χ1n) is 11.6. The number of nitrogens with zero attached hydrogens (tertiary/aromatic N) is 2. The van der Waals surface area contributed by atoms with Crippen LogP contribution in [0.2, 0.25) is 0 Å². The van der Waals surface area contributed by atoms with Crippen LogP contribution in [0.4, 0.5) is 10.2 Å². The van der Waals surface area contributed by atoms with Crippen LogP contribution in [0.3, 0.4) is 0 Å². The number of aromatic nitrogens is 2. The number of amides is 1. The van der Waals surface area contributed by atoms with Crippen molar-refractivity contribution in [3.05, 3.63) is 53.6 Å². The summed E-state index contributed by atoms with van der Waals surface area (Å²) in [5.74, 6) is 1.07. The summed E-state index contributed by atoms with van der Waals surface area (Å²) < 4.78 is 31.4. The van der Waals surface area contributed by atoms with Crippen LogP contribution < -0.4 is 25.8 Å². The SMILES string of the molecule is COc1ccc2ncc(F)c(CC(N)[C@@H]3CC[C@@H](NCc4ccc5c(n4)NC(=O)CO5)CO3)c2c1. The molecule has 2 aromatic heterocycles. The van der Waals surface area contributed by atoms with Crippen LogP contribution >= 0.6 is 0 Å². The van der Waals surface area contributed by atoms with Gasteiger partial charge in [-0.2, -0.15) is 0 Å². The Morgan fingerprint density at radius 1 is 1.31 bits per heavy atom. The zero-order valence-electron chi connectivity index (χ0n) is 19.4. The third-order valence-corrected chi connectivity index (χ3v) is 6.47. The van der Waals surface area contributed by atoms with Gasteiger partial charge in [0.25, 0.3) is 5.91 Å². The first kappa shape index (κ1) is 23.4. The minimum absolute atomic E-state index is 0.00715. The first-order valence-corrected chi connectivity index (χ1v) is 11.6. The summed E-state index contributed by atoms with van der Waals surface area (Å²) in [5.41, 5.74) is 8.50. The molecule has 0 radical (unpaired) electrons. The number of carbonyl (C=O) groups excluding carboxylic acids is 1. The van der Waals surface area contributed by atoms with E-state index >= 15 is 0 Å². The van der Waals surface area contributed by atoms with Crippen molar-refractivity contribution in [3.63, 3.8) is 0 Å². The number of fused-ring (bicyclic) bond motifs is 2. The van der Waals surface area contributed by atoms with E-state index < -0.39 is 0 Å². The van der Waals surface area contributed by atoms with Crippen molar-refractivity contribution in [2.75, 3.05) is 25.6 Å². The number of hydrogen-bond donors (Lipinski definition) is 3. The molecule has 4 heterocycles. The average molecular weight is 482 g/mol. The predicted molar refractivity (Wildman–Crippen MR) is 128 cm³/mol. The lowest BCUT2D eigenvalue weighted by atomic mass is 9.93. The second-order valence-corrected chi connectivity index (χ2v) is 8.85. The fourth-order valence-corrected chi connectivity index (χ4v) is 4.53. The van der Waals surface area contributed by atoms with Crippen molar-refractivity contribution in [2.24, 2.45) is 5.73 Å². The number of nitrogens with one attached hydrogen (secondary N) is 2. The van der Waals surface area contributed by atoms with Gasteiger partial charge in [0.2, 0.25) is 0 Å². The van der Waals surface area contributed by atoms with E-state index in [0.29, 0.717) is 53.4 Å². The van der Waals surface area contributed by atoms with Gasteiger partial charge >= 0.3 is 0 Å². The van der Waals surface area contributed by atoms with E-state index in [1.165, 1.54) is 6.20 Å². The molecule has 3 aromatic rings. The highest BCUT2D eigenvalue weighted by Gasteiger charge is 2.28. The Balaban J connectivity index is 1.16. The molecule has 9 nitrogen and oxygen atoms in total. The van der Waals surface area contributed by atoms with Gasteiger partial charge in [-0.15, -0.1) is 0 Å². The molecule has 35 heavy (non-hydrogen) atoms. The van der Waals surface area contributed by atoms with E-state index in [2.05, 4.69) is 20.6 Å². The molecule has 2 aliphatic rings. The minimum Gasteiger partial charge on any atom is -0.497 e. The number of methoxy groups -OCH3 is 1. The third kappa shape index (κ3) is 5.19. The van der Waals surface area contributed by atoms with Crippen LogP contribution in [0.15, 0.2) is 36.5 Å². The van der Waals surface area contributed by atoms with Gasteiger partial charge in [0.05, 0.1) is 37.2 Å². The lowest BCUT2D eigenvalue weighted by molar-refractivity contribution is -0.118. The van der Waals surface area contributed by atoms with Crippen LogP contribution in [-0.2, 0) is 22.5 Å². The highest BCUT2D eigenvalue weighted by atomic mass is 19.1. The predicted octanol–water partition coefficient (Wildman–Crippen LogP) is 2.32. The molecule has 0 saturated carbocycles. The van der Waals surface area contributed by atoms with Crippen molar-refractivity contribution in [2.45, 2.75) is 44.0 Å². The summed E-state index contributed by atoms with van der Waals surface area (Å²) in [7, 11) is 1.58. The lowest BCUT2D eigenvalue weighted by Gasteiger charge is -2.33. The Labute approximate surface area is 202 Å². The summed E-state index contributed by atoms with van der Waals surface area (Å²) in [6.45, 7) is 1.04. The highest BCUT2D eigenvalue weighted by molar-refractivity contribution is 5.94. The van der Waals surface area contributed by atoms with Crippen LogP contribution in [0.1, 0.15) is 24.1 Å². The number of halogens is 1. The van der Waals surface area contributed by atoms with Crippen LogP contribution in [0.5, 0.6) is 11.5 Å². The fraction of sp³-hybridized carbons (Fsp3) is 0.400. The van der Waals surface area contributed by atoms with Gasteiger partial charge in [0.1, 0.15) is 11.6 Å². The van der Waals surface area contributed by atoms with Gasteiger partial charge in [-0.05, 0) is 49.6 Å². The van der Waals surface area contributed by atoms with Crippen molar-refractivity contribution >= 4 is 22.6 Å². The summed E-state index contributed by atoms with van der Waals surface area (Å²) in [6.07, 6.45) is 3.04. The van der Waals surface area contributed by atoms with Crippen LogP contribution in [-0.4, -0.2) is 54.4 Å². The molecule has 0 bridgehead atoms. The zero-order valence-corrected chi connectivity index (χ0v) is 19.4. The topological polar surface area (TPSA) is 121 Å². The Bertz CT molecular complexity index is 1230. The third-order valence-electron chi connectivity index (χ3n) is 6.47. The summed E-state index contributed by atoms with van der Waals surface area (Å²) >= 11 is 0. The lowest BCUT2D eigenvalue weighted by Crippen LogP contribution is -2.47. The molecule has 184 valence electrons. The minimum atomic E-state index is -0.379. The van der Waals surface area contributed by atoms with Gasteiger partial charge in [0, 0.05) is 29.6 Å². The maximum absolute atomic E-state index is 14.7. The number of nitrogens with two attached hydrogens (primary N) is 1. The number of anilines is 1. The number of hydrogen-bond acceptors (Lipinski definition) is 8. The monoisotopic (exact) mass is 481 g/mol. The first-order chi connectivity index (χ1) is 17.0. The van der Waals surface area contributed by atoms with Crippen molar-refractivity contribution in [3.8, 4) is 11.5 Å². The Hall–Kier alpha value is -3.34. The van der Waals surface area contributed by atoms with Crippen molar-refractivity contribution in [1.29, 1.82) is 0 Å². The van der Waals surface area contributed by atoms with Gasteiger partial charge in [-0.3, -0.25) is 9.78 Å². The average Bonchev–Trinajstić information content (AvgIpc) is 2.88. The number of rotatable bonds is 7. The van der Waals surface area contributed by atoms with E-state index in [1.807, 2.05) is 18.2 Å². The molecule has 1 aromatic carbocycles. The molecule has 5 rings (SSSR count). The maximum atomic E-state index is 14.7. The van der Waals surface area contributed by atoms with E-state index in [4.69, 9.17) is 19.9 Å². The molecule has 1 unspecified atom stereocenters. The molecule has 1 fully saturated rings. The molecule has 2 aliphatic heterocycles. The molecule has 10 heteroatoms. The smallest absolute Gasteiger partial charge is 0.263 e. The van der Waals surface area contributed by atoms with E-state index in [1.54, 1.807) is 19.2 Å². The van der Waals surface area contributed by atoms with Gasteiger partial charge in [-0.25, -0.2) is 9.37 Å². The molecule has 0 spiro atoms. The summed E-state index contributed by atoms with van der Waals surface area (Å²) in [5, 5.41) is 6.87. The van der Waals surface area contributed by atoms with Crippen LogP contribution in [0.25, 0.3) is 10.9 Å². The Morgan fingerprint density at radius 3 is 3.00 bits per heavy atom. The van der Waals surface area contributed by atoms with Crippen LogP contribution in [0, 0.1) is 5.82 Å². The van der Waals surface area contributed by atoms with Crippen molar-refractivity contribution in [1.82, 2.24) is 15.3 Å². The maximum Gasteiger partial charge on any atom is 0.263 e. The number of pyridine rings is 2. The van der Waals surface area contributed by atoms with E-state index in [-0.39, 0.29) is 36.5 Å². The number of ether oxygens (including phenoxy) is 3. The zero-order chi connectivity index (χ0) is 24.4. The highest BCUT2D eigenvalue weighted by Crippen LogP contribution is 2.28. The van der Waals surface area contributed by atoms with Gasteiger partial charge < -0.3 is 30.6 Å². The fourth-order valence-electron chi connectivity index (χ4n) is 4.53. The van der Waals surface area contributed by atoms with Gasteiger partial charge in [-0.1, -0.05) is 0 Å². The molecular weight excluding hydrogens is 453 g/mol. The molecule has 0 aliphatic carbocycles. The standard InChI is InChI=1S/C25H28FN5O4/c1-33-16-4-5-21-18(8-16)17(19(26)11-29-21)9-20(27)22-6-3-15(12-34-22)28-10-14-2-7-23-25(30-14)31-24(32)13-35-23/h2,4-5,7-8,11,15,20,22,28H,3,6,9-10,12-13,27H2,1H3,(H,30,31,32)/t15-,20?,22+/m1/s1. The van der Waals surface area contributed by atoms with E-state index in [9.17, 15) is 9.18 Å².